The predicted molar refractivity (Wildman–Crippen MR) is 114 cm³/mol. The van der Waals surface area contributed by atoms with Gasteiger partial charge in [0.15, 0.2) is 0 Å². The summed E-state index contributed by atoms with van der Waals surface area (Å²) < 4.78 is 4.57. The Balaban J connectivity index is 1.75. The molecule has 0 aliphatic heterocycles. The summed E-state index contributed by atoms with van der Waals surface area (Å²) in [4.78, 5) is 38.3. The molecule has 0 aliphatic carbocycles. The van der Waals surface area contributed by atoms with Crippen LogP contribution in [0.15, 0.2) is 45.3 Å². The normalized spacial score (nSPS) is 11.4. The molecular weight excluding hydrogens is 390 g/mol. The van der Waals surface area contributed by atoms with E-state index >= 15 is 0 Å². The van der Waals surface area contributed by atoms with Crippen molar-refractivity contribution in [3.05, 3.63) is 62.1 Å². The summed E-state index contributed by atoms with van der Waals surface area (Å²) in [6.07, 6.45) is 1.70. The van der Waals surface area contributed by atoms with E-state index in [1.54, 1.807) is 23.6 Å². The SMILES string of the molecule is CCCCn1c(=O)c2sccc2n2c(=O)n(CC(=O)Nc3ccc(C)cc3)nc12. The van der Waals surface area contributed by atoms with E-state index in [9.17, 15) is 14.4 Å². The van der Waals surface area contributed by atoms with Crippen LogP contribution in [0.3, 0.4) is 0 Å². The lowest BCUT2D eigenvalue weighted by atomic mass is 10.2. The molecule has 4 aromatic rings. The van der Waals surface area contributed by atoms with E-state index in [1.165, 1.54) is 20.3 Å². The van der Waals surface area contributed by atoms with E-state index in [-0.39, 0.29) is 23.8 Å². The van der Waals surface area contributed by atoms with E-state index in [1.807, 2.05) is 26.0 Å². The molecule has 1 N–H and O–H groups in total. The van der Waals surface area contributed by atoms with Crippen LogP contribution < -0.4 is 16.6 Å². The summed E-state index contributed by atoms with van der Waals surface area (Å²) in [6, 6.07) is 9.13. The molecule has 0 fully saturated rings. The number of benzene rings is 1. The van der Waals surface area contributed by atoms with Gasteiger partial charge in [0, 0.05) is 12.2 Å². The summed E-state index contributed by atoms with van der Waals surface area (Å²) in [6.45, 7) is 4.23. The minimum atomic E-state index is -0.437. The van der Waals surface area contributed by atoms with Crippen molar-refractivity contribution >= 4 is 38.9 Å². The maximum atomic E-state index is 13.0. The molecule has 0 aliphatic rings. The zero-order valence-corrected chi connectivity index (χ0v) is 17.0. The first-order valence-electron chi connectivity index (χ1n) is 9.45. The molecular formula is C20H21N5O3S. The van der Waals surface area contributed by atoms with Gasteiger partial charge in [-0.05, 0) is 36.9 Å². The Morgan fingerprint density at radius 2 is 1.93 bits per heavy atom. The number of anilines is 1. The van der Waals surface area contributed by atoms with Gasteiger partial charge in [-0.2, -0.15) is 0 Å². The molecule has 0 saturated heterocycles. The van der Waals surface area contributed by atoms with Crippen LogP contribution >= 0.6 is 11.3 Å². The lowest BCUT2D eigenvalue weighted by Gasteiger charge is -2.06. The molecule has 29 heavy (non-hydrogen) atoms. The van der Waals surface area contributed by atoms with E-state index in [0.29, 0.717) is 22.4 Å². The van der Waals surface area contributed by atoms with Crippen LogP contribution in [0.2, 0.25) is 0 Å². The van der Waals surface area contributed by atoms with Gasteiger partial charge in [0.2, 0.25) is 11.7 Å². The van der Waals surface area contributed by atoms with Crippen molar-refractivity contribution < 1.29 is 4.79 Å². The topological polar surface area (TPSA) is 90.4 Å². The summed E-state index contributed by atoms with van der Waals surface area (Å²) >= 11 is 1.30. The number of aromatic nitrogens is 4. The summed E-state index contributed by atoms with van der Waals surface area (Å²) in [5.74, 6) is -0.0918. The van der Waals surface area contributed by atoms with E-state index in [4.69, 9.17) is 0 Å². The fourth-order valence-corrected chi connectivity index (χ4v) is 4.05. The van der Waals surface area contributed by atoms with Gasteiger partial charge < -0.3 is 5.32 Å². The number of rotatable bonds is 6. The van der Waals surface area contributed by atoms with E-state index in [2.05, 4.69) is 10.4 Å². The second-order valence-corrected chi connectivity index (χ2v) is 7.85. The van der Waals surface area contributed by atoms with Crippen LogP contribution in [0.4, 0.5) is 5.69 Å². The number of carbonyl (C=O) groups is 1. The number of carbonyl (C=O) groups excluding carboxylic acids is 1. The molecule has 1 amide bonds. The van der Waals surface area contributed by atoms with Crippen LogP contribution in [0, 0.1) is 6.92 Å². The van der Waals surface area contributed by atoms with Crippen molar-refractivity contribution in [3.8, 4) is 0 Å². The largest absolute Gasteiger partial charge is 0.352 e. The van der Waals surface area contributed by atoms with Gasteiger partial charge in [-0.25, -0.2) is 13.9 Å². The number of aryl methyl sites for hydroxylation is 2. The Morgan fingerprint density at radius 3 is 2.66 bits per heavy atom. The van der Waals surface area contributed by atoms with Gasteiger partial charge in [-0.3, -0.25) is 14.2 Å². The van der Waals surface area contributed by atoms with Gasteiger partial charge >= 0.3 is 5.69 Å². The summed E-state index contributed by atoms with van der Waals surface area (Å²) in [7, 11) is 0. The van der Waals surface area contributed by atoms with Crippen molar-refractivity contribution in [2.75, 3.05) is 5.32 Å². The average Bonchev–Trinajstić information content (AvgIpc) is 3.29. The van der Waals surface area contributed by atoms with E-state index < -0.39 is 5.69 Å². The maximum Gasteiger partial charge on any atom is 0.352 e. The Labute approximate surface area is 170 Å². The molecule has 0 radical (unpaired) electrons. The molecule has 3 aromatic heterocycles. The quantitative estimate of drug-likeness (QED) is 0.528. The second-order valence-electron chi connectivity index (χ2n) is 6.94. The van der Waals surface area contributed by atoms with Crippen molar-refractivity contribution in [2.45, 2.75) is 39.8 Å². The first kappa shape index (κ1) is 19.1. The third kappa shape index (κ3) is 3.49. The lowest BCUT2D eigenvalue weighted by molar-refractivity contribution is -0.117. The van der Waals surface area contributed by atoms with Crippen molar-refractivity contribution in [1.82, 2.24) is 18.7 Å². The van der Waals surface area contributed by atoms with Gasteiger partial charge in [-0.15, -0.1) is 16.4 Å². The lowest BCUT2D eigenvalue weighted by Crippen LogP contribution is -2.29. The minimum Gasteiger partial charge on any atom is -0.324 e. The first-order valence-corrected chi connectivity index (χ1v) is 10.3. The number of unbranched alkanes of at least 4 members (excludes halogenated alkanes) is 1. The average molecular weight is 411 g/mol. The first-order chi connectivity index (χ1) is 14.0. The second kappa shape index (κ2) is 7.67. The van der Waals surface area contributed by atoms with Crippen molar-refractivity contribution in [2.24, 2.45) is 0 Å². The van der Waals surface area contributed by atoms with Crippen LogP contribution in [0.25, 0.3) is 16.0 Å². The molecule has 0 spiro atoms. The molecule has 8 nitrogen and oxygen atoms in total. The minimum absolute atomic E-state index is 0.155. The van der Waals surface area contributed by atoms with E-state index in [0.717, 1.165) is 23.1 Å². The zero-order chi connectivity index (χ0) is 20.5. The molecule has 4 rings (SSSR count). The van der Waals surface area contributed by atoms with Gasteiger partial charge in [0.05, 0.1) is 5.52 Å². The Bertz CT molecular complexity index is 1310. The third-order valence-corrected chi connectivity index (χ3v) is 5.64. The fraction of sp³-hybridized carbons (Fsp3) is 0.300. The molecule has 0 saturated carbocycles. The number of amides is 1. The van der Waals surface area contributed by atoms with Crippen LogP contribution in [-0.4, -0.2) is 24.7 Å². The molecule has 150 valence electrons. The van der Waals surface area contributed by atoms with Gasteiger partial charge in [0.1, 0.15) is 11.2 Å². The van der Waals surface area contributed by atoms with Crippen LogP contribution in [-0.2, 0) is 17.9 Å². The van der Waals surface area contributed by atoms with Crippen molar-refractivity contribution in [1.29, 1.82) is 0 Å². The highest BCUT2D eigenvalue weighted by Crippen LogP contribution is 2.17. The van der Waals surface area contributed by atoms with Gasteiger partial charge in [-0.1, -0.05) is 31.0 Å². The van der Waals surface area contributed by atoms with Crippen LogP contribution in [0.5, 0.6) is 0 Å². The molecule has 0 unspecified atom stereocenters. The predicted octanol–water partition coefficient (Wildman–Crippen LogP) is 2.62. The summed E-state index contributed by atoms with van der Waals surface area (Å²) in [5, 5.41) is 8.87. The highest BCUT2D eigenvalue weighted by molar-refractivity contribution is 7.17. The Hall–Kier alpha value is -3.20. The Kier molecular flexibility index (Phi) is 5.06. The molecule has 9 heteroatoms. The maximum absolute atomic E-state index is 13.0. The number of fused-ring (bicyclic) bond motifs is 3. The monoisotopic (exact) mass is 411 g/mol. The molecule has 3 heterocycles. The fourth-order valence-electron chi connectivity index (χ4n) is 3.23. The smallest absolute Gasteiger partial charge is 0.324 e. The molecule has 0 atom stereocenters. The highest BCUT2D eigenvalue weighted by Gasteiger charge is 2.19. The molecule has 1 aromatic carbocycles. The highest BCUT2D eigenvalue weighted by atomic mass is 32.1. The van der Waals surface area contributed by atoms with Crippen LogP contribution in [0.1, 0.15) is 25.3 Å². The molecule has 0 bridgehead atoms. The number of hydrogen-bond acceptors (Lipinski definition) is 5. The number of hydrogen-bond donors (Lipinski definition) is 1. The van der Waals surface area contributed by atoms with Gasteiger partial charge in [0.25, 0.3) is 5.56 Å². The Morgan fingerprint density at radius 1 is 1.17 bits per heavy atom. The van der Waals surface area contributed by atoms with Crippen molar-refractivity contribution in [3.63, 3.8) is 0 Å². The number of thiophene rings is 1. The number of nitrogens with zero attached hydrogens (tertiary/aromatic N) is 4. The number of nitrogens with one attached hydrogen (secondary N) is 1. The third-order valence-electron chi connectivity index (χ3n) is 4.75. The zero-order valence-electron chi connectivity index (χ0n) is 16.2. The standard InChI is InChI=1S/C20H21N5O3S/c1-3-4-10-23-18(27)17-15(9-11-29-17)25-19(23)22-24(20(25)28)12-16(26)21-14-7-5-13(2)6-8-14/h5-9,11H,3-4,10,12H2,1-2H3,(H,21,26). The summed E-state index contributed by atoms with van der Waals surface area (Å²) in [5.41, 5.74) is 1.67.